The zero-order chi connectivity index (χ0) is 17.7. The molecule has 4 nitrogen and oxygen atoms in total. The molecule has 0 spiro atoms. The quantitative estimate of drug-likeness (QED) is 0.463. The van der Waals surface area contributed by atoms with Gasteiger partial charge in [0.2, 0.25) is 0 Å². The standard InChI is InChI=1S/C19H20NO3PS/c1-3-22-24(21,23-4-2)14-13-15-9-11-16(12-10-15)19-20-17-7-5-6-8-18(17)25-19/h5-14H,3-4H2,1-2H3/b14-13+. The molecule has 6 heteroatoms. The molecule has 1 aromatic heterocycles. The molecular formula is C19H20NO3PS. The minimum absolute atomic E-state index is 0.345. The number of para-hydroxylation sites is 1. The van der Waals surface area contributed by atoms with Gasteiger partial charge < -0.3 is 9.05 Å². The van der Waals surface area contributed by atoms with Gasteiger partial charge in [0.15, 0.2) is 0 Å². The van der Waals surface area contributed by atoms with Crippen LogP contribution in [0.15, 0.2) is 54.3 Å². The molecule has 0 amide bonds. The van der Waals surface area contributed by atoms with Crippen LogP contribution in [-0.4, -0.2) is 18.2 Å². The topological polar surface area (TPSA) is 48.4 Å². The molecule has 3 aromatic rings. The normalized spacial score (nSPS) is 12.2. The van der Waals surface area contributed by atoms with E-state index in [2.05, 4.69) is 11.1 Å². The number of aromatic nitrogens is 1. The molecule has 0 aliphatic heterocycles. The lowest BCUT2D eigenvalue weighted by molar-refractivity contribution is 0.229. The molecule has 1 heterocycles. The van der Waals surface area contributed by atoms with Gasteiger partial charge in [0, 0.05) is 11.4 Å². The maximum Gasteiger partial charge on any atom is 0.354 e. The minimum Gasteiger partial charge on any atom is -0.306 e. The predicted octanol–water partition coefficient (Wildman–Crippen LogP) is 6.20. The second kappa shape index (κ2) is 8.07. The van der Waals surface area contributed by atoms with Gasteiger partial charge in [0.1, 0.15) is 5.01 Å². The first-order valence-electron chi connectivity index (χ1n) is 8.17. The lowest BCUT2D eigenvalue weighted by Gasteiger charge is -2.12. The van der Waals surface area contributed by atoms with Gasteiger partial charge >= 0.3 is 7.60 Å². The van der Waals surface area contributed by atoms with E-state index in [4.69, 9.17) is 9.05 Å². The van der Waals surface area contributed by atoms with E-state index >= 15 is 0 Å². The summed E-state index contributed by atoms with van der Waals surface area (Å²) in [5.74, 6) is 1.52. The predicted molar refractivity (Wildman–Crippen MR) is 105 cm³/mol. The smallest absolute Gasteiger partial charge is 0.306 e. The van der Waals surface area contributed by atoms with Gasteiger partial charge in [0.25, 0.3) is 0 Å². The van der Waals surface area contributed by atoms with Gasteiger partial charge in [0.05, 0.1) is 23.4 Å². The van der Waals surface area contributed by atoms with Crippen molar-refractivity contribution < 1.29 is 13.6 Å². The molecule has 0 fully saturated rings. The van der Waals surface area contributed by atoms with E-state index in [9.17, 15) is 4.57 Å². The van der Waals surface area contributed by atoms with Crippen LogP contribution < -0.4 is 0 Å². The monoisotopic (exact) mass is 373 g/mol. The van der Waals surface area contributed by atoms with Crippen molar-refractivity contribution in [1.82, 2.24) is 4.98 Å². The average Bonchev–Trinajstić information content (AvgIpc) is 3.05. The Morgan fingerprint density at radius 3 is 2.36 bits per heavy atom. The zero-order valence-corrected chi connectivity index (χ0v) is 15.9. The van der Waals surface area contributed by atoms with Crippen molar-refractivity contribution in [2.45, 2.75) is 13.8 Å². The first kappa shape index (κ1) is 18.0. The van der Waals surface area contributed by atoms with Crippen LogP contribution in [0, 0.1) is 0 Å². The second-order valence-corrected chi connectivity index (χ2v) is 8.22. The summed E-state index contributed by atoms with van der Waals surface area (Å²) in [5.41, 5.74) is 3.02. The lowest BCUT2D eigenvalue weighted by atomic mass is 10.1. The van der Waals surface area contributed by atoms with E-state index < -0.39 is 7.60 Å². The van der Waals surface area contributed by atoms with E-state index in [1.54, 1.807) is 31.3 Å². The highest BCUT2D eigenvalue weighted by Crippen LogP contribution is 2.50. The fraction of sp³-hybridized carbons (Fsp3) is 0.211. The van der Waals surface area contributed by atoms with Crippen molar-refractivity contribution in [3.8, 4) is 10.6 Å². The second-order valence-electron chi connectivity index (χ2n) is 5.30. The molecule has 0 N–H and O–H groups in total. The Balaban J connectivity index is 1.80. The molecule has 2 aromatic carbocycles. The van der Waals surface area contributed by atoms with Gasteiger partial charge in [-0.25, -0.2) is 4.98 Å². The first-order valence-corrected chi connectivity index (χ1v) is 10.6. The Bertz CT molecular complexity index is 875. The SMILES string of the molecule is CCOP(=O)(/C=C/c1ccc(-c2nc3ccccc3s2)cc1)OCC. The van der Waals surface area contributed by atoms with Crippen molar-refractivity contribution in [1.29, 1.82) is 0 Å². The van der Waals surface area contributed by atoms with Crippen molar-refractivity contribution in [2.75, 3.05) is 13.2 Å². The minimum atomic E-state index is -3.17. The first-order chi connectivity index (χ1) is 12.1. The molecule has 0 unspecified atom stereocenters. The molecule has 0 radical (unpaired) electrons. The van der Waals surface area contributed by atoms with Crippen LogP contribution in [0.2, 0.25) is 0 Å². The van der Waals surface area contributed by atoms with Crippen molar-refractivity contribution in [2.24, 2.45) is 0 Å². The van der Waals surface area contributed by atoms with Gasteiger partial charge in [-0.15, -0.1) is 11.3 Å². The van der Waals surface area contributed by atoms with Gasteiger partial charge in [-0.05, 0) is 37.6 Å². The molecular weight excluding hydrogens is 353 g/mol. The third-order valence-electron chi connectivity index (χ3n) is 3.52. The lowest BCUT2D eigenvalue weighted by Crippen LogP contribution is -1.92. The highest BCUT2D eigenvalue weighted by atomic mass is 32.1. The summed E-state index contributed by atoms with van der Waals surface area (Å²) in [5, 5.41) is 0.992. The highest BCUT2D eigenvalue weighted by molar-refractivity contribution is 7.57. The molecule has 3 rings (SSSR count). The maximum absolute atomic E-state index is 12.4. The number of hydrogen-bond donors (Lipinski definition) is 0. The van der Waals surface area contributed by atoms with Crippen LogP contribution in [0.1, 0.15) is 19.4 Å². The molecule has 0 aliphatic rings. The van der Waals surface area contributed by atoms with Crippen LogP contribution >= 0.6 is 18.9 Å². The van der Waals surface area contributed by atoms with Crippen LogP contribution in [0.4, 0.5) is 0 Å². The average molecular weight is 373 g/mol. The molecule has 0 bridgehead atoms. The Morgan fingerprint density at radius 2 is 1.72 bits per heavy atom. The van der Waals surface area contributed by atoms with Crippen molar-refractivity contribution in [3.05, 3.63) is 59.9 Å². The van der Waals surface area contributed by atoms with Crippen LogP contribution in [0.5, 0.6) is 0 Å². The van der Waals surface area contributed by atoms with Gasteiger partial charge in [-0.1, -0.05) is 36.4 Å². The van der Waals surface area contributed by atoms with Gasteiger partial charge in [-0.3, -0.25) is 4.57 Å². The van der Waals surface area contributed by atoms with Crippen LogP contribution in [-0.2, 0) is 13.6 Å². The largest absolute Gasteiger partial charge is 0.354 e. The van der Waals surface area contributed by atoms with E-state index in [0.29, 0.717) is 13.2 Å². The van der Waals surface area contributed by atoms with Crippen molar-refractivity contribution >= 4 is 35.2 Å². The third kappa shape index (κ3) is 4.44. The van der Waals surface area contributed by atoms with E-state index in [1.807, 2.05) is 42.5 Å². The van der Waals surface area contributed by atoms with E-state index in [-0.39, 0.29) is 0 Å². The molecule has 130 valence electrons. The Kier molecular flexibility index (Phi) is 5.82. The van der Waals surface area contributed by atoms with Crippen LogP contribution in [0.3, 0.4) is 0 Å². The molecule has 0 saturated heterocycles. The van der Waals surface area contributed by atoms with Crippen molar-refractivity contribution in [3.63, 3.8) is 0 Å². The third-order valence-corrected chi connectivity index (χ3v) is 6.36. The van der Waals surface area contributed by atoms with Gasteiger partial charge in [-0.2, -0.15) is 0 Å². The number of nitrogens with zero attached hydrogens (tertiary/aromatic N) is 1. The Labute approximate surface area is 151 Å². The van der Waals surface area contributed by atoms with Crippen LogP contribution in [0.25, 0.3) is 26.9 Å². The molecule has 25 heavy (non-hydrogen) atoms. The fourth-order valence-corrected chi connectivity index (χ4v) is 4.69. The Morgan fingerprint density at radius 1 is 1.04 bits per heavy atom. The van der Waals surface area contributed by atoms with E-state index in [0.717, 1.165) is 21.7 Å². The fourth-order valence-electron chi connectivity index (χ4n) is 2.39. The Hall–Kier alpha value is -1.78. The summed E-state index contributed by atoms with van der Waals surface area (Å²) in [6.07, 6.45) is 1.77. The number of fused-ring (bicyclic) bond motifs is 1. The number of benzene rings is 2. The molecule has 0 aliphatic carbocycles. The molecule has 0 saturated carbocycles. The van der Waals surface area contributed by atoms with E-state index in [1.165, 1.54) is 10.5 Å². The molecule has 0 atom stereocenters. The summed E-state index contributed by atoms with van der Waals surface area (Å²) in [4.78, 5) is 4.66. The highest BCUT2D eigenvalue weighted by Gasteiger charge is 2.18. The summed E-state index contributed by atoms with van der Waals surface area (Å²) in [6, 6.07) is 16.1. The maximum atomic E-state index is 12.4. The summed E-state index contributed by atoms with van der Waals surface area (Å²) < 4.78 is 24.1. The summed E-state index contributed by atoms with van der Waals surface area (Å²) in [7, 11) is -3.17. The summed E-state index contributed by atoms with van der Waals surface area (Å²) in [6.45, 7) is 4.29. The zero-order valence-electron chi connectivity index (χ0n) is 14.2. The number of thiazole rings is 1. The number of hydrogen-bond acceptors (Lipinski definition) is 5. The number of rotatable bonds is 7. The summed E-state index contributed by atoms with van der Waals surface area (Å²) >= 11 is 1.67.